The van der Waals surface area contributed by atoms with Gasteiger partial charge < -0.3 is 5.98 Å². The molecule has 0 saturated heterocycles. The van der Waals surface area contributed by atoms with Crippen LogP contribution in [0.3, 0.4) is 0 Å². The predicted octanol–water partition coefficient (Wildman–Crippen LogP) is -1.13. The van der Waals surface area contributed by atoms with E-state index in [2.05, 4.69) is 13.2 Å². The van der Waals surface area contributed by atoms with Gasteiger partial charge in [0, 0.05) is 10.2 Å². The van der Waals surface area contributed by atoms with Crippen LogP contribution >= 0.6 is 10.8 Å². The average Bonchev–Trinajstić information content (AvgIpc) is 1.85. The van der Waals surface area contributed by atoms with Crippen LogP contribution in [-0.2, 0) is 10.2 Å². The summed E-state index contributed by atoms with van der Waals surface area (Å²) in [6.45, 7) is 6.99. The van der Waals surface area contributed by atoms with E-state index in [-0.39, 0.29) is 52.8 Å². The topological polar surface area (TPSA) is 23.1 Å². The standard InChI is InChI=1S/C6H10OS2.K.H/c1-3-5-8-9(7)6-4-2;;/h3-4H,1-2,5-6H2;;/q;+1;-1. The molecule has 0 heterocycles. The van der Waals surface area contributed by atoms with Gasteiger partial charge in [-0.05, 0) is 6.08 Å². The Morgan fingerprint density at radius 2 is 2.10 bits per heavy atom. The minimum atomic E-state index is -0.793. The smallest absolute Gasteiger partial charge is 1.00 e. The summed E-state index contributed by atoms with van der Waals surface area (Å²) in [7, 11) is 0.591. The van der Waals surface area contributed by atoms with Crippen LogP contribution in [0.1, 0.15) is 1.43 Å². The fourth-order valence-electron chi connectivity index (χ4n) is 0.268. The largest absolute Gasteiger partial charge is 1.00 e. The van der Waals surface area contributed by atoms with Gasteiger partial charge in [0.05, 0.1) is 16.5 Å². The van der Waals surface area contributed by atoms with Crippen molar-refractivity contribution in [3.8, 4) is 0 Å². The molecule has 0 spiro atoms. The first kappa shape index (κ1) is 14.3. The van der Waals surface area contributed by atoms with E-state index in [1.165, 1.54) is 10.8 Å². The molecule has 0 saturated carbocycles. The zero-order valence-corrected chi connectivity index (χ0v) is 11.0. The fourth-order valence-corrected chi connectivity index (χ4v) is 2.13. The molecule has 0 aromatic heterocycles. The van der Waals surface area contributed by atoms with E-state index < -0.39 is 10.2 Å². The van der Waals surface area contributed by atoms with Crippen LogP contribution < -0.4 is 51.4 Å². The maximum atomic E-state index is 10.8. The molecule has 0 aliphatic carbocycles. The van der Waals surface area contributed by atoms with Crippen LogP contribution in [-0.4, -0.2) is 16.1 Å². The van der Waals surface area contributed by atoms with E-state index in [0.717, 1.165) is 5.75 Å². The van der Waals surface area contributed by atoms with E-state index in [1.54, 1.807) is 12.2 Å². The summed E-state index contributed by atoms with van der Waals surface area (Å²) in [5.74, 6) is 1.32. The van der Waals surface area contributed by atoms with Crippen LogP contribution in [0.25, 0.3) is 0 Å². The molecule has 0 aromatic carbocycles. The summed E-state index contributed by atoms with van der Waals surface area (Å²) in [5, 5.41) is 0. The van der Waals surface area contributed by atoms with Gasteiger partial charge in [-0.2, -0.15) is 0 Å². The summed E-state index contributed by atoms with van der Waals surface area (Å²) >= 11 is 0. The van der Waals surface area contributed by atoms with Crippen molar-refractivity contribution < 1.29 is 57.4 Å². The molecule has 0 radical (unpaired) electrons. The molecule has 0 aliphatic rings. The molecule has 0 N–H and O–H groups in total. The van der Waals surface area contributed by atoms with Crippen molar-refractivity contribution in [2.75, 3.05) is 11.5 Å². The van der Waals surface area contributed by atoms with Crippen LogP contribution in [0.4, 0.5) is 0 Å². The first-order chi connectivity index (χ1) is 4.31. The third-order valence-corrected chi connectivity index (χ3v) is 3.32. The Kier molecular flexibility index (Phi) is 15.4. The van der Waals surface area contributed by atoms with Crippen LogP contribution in [0.15, 0.2) is 25.3 Å². The summed E-state index contributed by atoms with van der Waals surface area (Å²) < 4.78 is 10.8. The van der Waals surface area contributed by atoms with Crippen LogP contribution in [0.5, 0.6) is 0 Å². The third-order valence-electron chi connectivity index (χ3n) is 0.571. The minimum absolute atomic E-state index is 0. The molecule has 0 rings (SSSR count). The summed E-state index contributed by atoms with van der Waals surface area (Å²) in [6.07, 6.45) is 3.40. The molecule has 4 heteroatoms. The molecule has 10 heavy (non-hydrogen) atoms. The van der Waals surface area contributed by atoms with Gasteiger partial charge in [0.1, 0.15) is 5.75 Å². The van der Waals surface area contributed by atoms with Crippen molar-refractivity contribution in [1.82, 2.24) is 0 Å². The van der Waals surface area contributed by atoms with Crippen molar-refractivity contribution in [1.29, 1.82) is 0 Å². The molecule has 1 nitrogen and oxygen atoms in total. The van der Waals surface area contributed by atoms with Gasteiger partial charge in [0.2, 0.25) is 0 Å². The Balaban J connectivity index is -0.000000320. The SMILES string of the molecule is C=CCS[S+]([O-])CC=C.[H-].[K+]. The molecule has 0 fully saturated rings. The second-order valence-electron chi connectivity index (χ2n) is 1.33. The van der Waals surface area contributed by atoms with E-state index in [1.807, 2.05) is 0 Å². The fraction of sp³-hybridized carbons (Fsp3) is 0.333. The predicted molar refractivity (Wildman–Crippen MR) is 47.0 cm³/mol. The molecule has 54 valence electrons. The number of hydrogen-bond acceptors (Lipinski definition) is 2. The minimum Gasteiger partial charge on any atom is -1.00 e. The van der Waals surface area contributed by atoms with Gasteiger partial charge in [-0.25, -0.2) is 0 Å². The third kappa shape index (κ3) is 9.78. The van der Waals surface area contributed by atoms with E-state index in [4.69, 9.17) is 0 Å². The maximum absolute atomic E-state index is 10.8. The van der Waals surface area contributed by atoms with Crippen molar-refractivity contribution in [2.24, 2.45) is 0 Å². The summed E-state index contributed by atoms with van der Waals surface area (Å²) in [5.41, 5.74) is 0. The van der Waals surface area contributed by atoms with Crippen LogP contribution in [0.2, 0.25) is 0 Å². The number of hydrogen-bond donors (Lipinski definition) is 0. The van der Waals surface area contributed by atoms with E-state index in [9.17, 15) is 4.55 Å². The van der Waals surface area contributed by atoms with Gasteiger partial charge >= 0.3 is 51.4 Å². The second-order valence-corrected chi connectivity index (χ2v) is 4.66. The van der Waals surface area contributed by atoms with Crippen molar-refractivity contribution in [2.45, 2.75) is 0 Å². The Labute approximate surface area is 113 Å². The van der Waals surface area contributed by atoms with Gasteiger partial charge in [-0.3, -0.25) is 0 Å². The van der Waals surface area contributed by atoms with Crippen molar-refractivity contribution >= 4 is 21.0 Å². The Hall–Kier alpha value is 1.78. The first-order valence-corrected chi connectivity index (χ1v) is 5.37. The quantitative estimate of drug-likeness (QED) is 0.244. The first-order valence-electron chi connectivity index (χ1n) is 2.54. The number of rotatable bonds is 5. The van der Waals surface area contributed by atoms with Crippen molar-refractivity contribution in [3.63, 3.8) is 0 Å². The molecule has 0 aliphatic heterocycles. The van der Waals surface area contributed by atoms with Gasteiger partial charge in [-0.1, -0.05) is 12.7 Å². The Morgan fingerprint density at radius 1 is 1.50 bits per heavy atom. The normalized spacial score (nSPS) is 11.3. The molecule has 1 unspecified atom stereocenters. The van der Waals surface area contributed by atoms with E-state index >= 15 is 0 Å². The zero-order chi connectivity index (χ0) is 7.11. The zero-order valence-electron chi connectivity index (χ0n) is 7.21. The molecule has 0 amide bonds. The van der Waals surface area contributed by atoms with Gasteiger partial charge in [0.15, 0.2) is 0 Å². The van der Waals surface area contributed by atoms with Gasteiger partial charge in [0.25, 0.3) is 0 Å². The maximum Gasteiger partial charge on any atom is 1.00 e. The monoisotopic (exact) mass is 202 g/mol. The Bertz CT molecular complexity index is 103. The van der Waals surface area contributed by atoms with Crippen molar-refractivity contribution in [3.05, 3.63) is 25.3 Å². The van der Waals surface area contributed by atoms with Gasteiger partial charge in [-0.15, -0.1) is 6.58 Å². The molecule has 0 bridgehead atoms. The summed E-state index contributed by atoms with van der Waals surface area (Å²) in [6, 6.07) is 0. The van der Waals surface area contributed by atoms with Crippen LogP contribution in [0, 0.1) is 0 Å². The van der Waals surface area contributed by atoms with E-state index in [0.29, 0.717) is 5.75 Å². The average molecular weight is 202 g/mol. The molecular formula is C6H11KOS2. The Morgan fingerprint density at radius 3 is 2.50 bits per heavy atom. The summed E-state index contributed by atoms with van der Waals surface area (Å²) in [4.78, 5) is 0. The molecule has 1 atom stereocenters. The second kappa shape index (κ2) is 10.8. The molecular weight excluding hydrogens is 191 g/mol. The molecule has 0 aromatic rings.